The van der Waals surface area contributed by atoms with Gasteiger partial charge in [0.2, 0.25) is 0 Å². The Kier molecular flexibility index (Phi) is 5.64. The summed E-state index contributed by atoms with van der Waals surface area (Å²) in [6, 6.07) is 6.44. The van der Waals surface area contributed by atoms with Crippen LogP contribution in [0.2, 0.25) is 0 Å². The highest BCUT2D eigenvalue weighted by Gasteiger charge is 2.09. The predicted octanol–water partition coefficient (Wildman–Crippen LogP) is 2.60. The average molecular weight is 291 g/mol. The Morgan fingerprint density at radius 3 is 2.85 bits per heavy atom. The van der Waals surface area contributed by atoms with Gasteiger partial charge in [-0.15, -0.1) is 10.2 Å². The van der Waals surface area contributed by atoms with Crippen molar-refractivity contribution in [3.05, 3.63) is 34.3 Å². The fraction of sp³-hybridized carbons (Fsp3) is 0.467. The van der Waals surface area contributed by atoms with Gasteiger partial charge in [-0.05, 0) is 25.5 Å². The van der Waals surface area contributed by atoms with Gasteiger partial charge in [0, 0.05) is 32.2 Å². The Labute approximate surface area is 124 Å². The summed E-state index contributed by atoms with van der Waals surface area (Å²) in [7, 11) is 1.71. The van der Waals surface area contributed by atoms with E-state index in [1.807, 2.05) is 0 Å². The van der Waals surface area contributed by atoms with Gasteiger partial charge in [0.1, 0.15) is 10.0 Å². The second-order valence-electron chi connectivity index (χ2n) is 4.81. The van der Waals surface area contributed by atoms with E-state index in [1.165, 1.54) is 16.7 Å². The summed E-state index contributed by atoms with van der Waals surface area (Å²) in [5.74, 6) is 0. The molecular weight excluding hydrogens is 270 g/mol. The van der Waals surface area contributed by atoms with Gasteiger partial charge in [0.25, 0.3) is 0 Å². The van der Waals surface area contributed by atoms with Crippen LogP contribution in [0.15, 0.2) is 18.2 Å². The fourth-order valence-corrected chi connectivity index (χ4v) is 2.84. The number of aromatic nitrogens is 2. The van der Waals surface area contributed by atoms with E-state index < -0.39 is 0 Å². The summed E-state index contributed by atoms with van der Waals surface area (Å²) in [6.07, 6.45) is 0.909. The molecular formula is C15H21N3OS. The molecule has 0 bridgehead atoms. The van der Waals surface area contributed by atoms with Gasteiger partial charge in [-0.3, -0.25) is 0 Å². The topological polar surface area (TPSA) is 47.0 Å². The Balaban J connectivity index is 1.96. The van der Waals surface area contributed by atoms with Gasteiger partial charge in [0.05, 0.1) is 6.61 Å². The molecule has 0 unspecified atom stereocenters. The molecule has 20 heavy (non-hydrogen) atoms. The molecule has 1 aromatic carbocycles. The van der Waals surface area contributed by atoms with Crippen LogP contribution in [-0.4, -0.2) is 37.0 Å². The summed E-state index contributed by atoms with van der Waals surface area (Å²) < 4.78 is 4.99. The third kappa shape index (κ3) is 4.10. The molecule has 2 aromatic rings. The van der Waals surface area contributed by atoms with Crippen molar-refractivity contribution in [2.24, 2.45) is 0 Å². The fourth-order valence-electron chi connectivity index (χ4n) is 1.92. The van der Waals surface area contributed by atoms with E-state index in [0.29, 0.717) is 0 Å². The molecule has 108 valence electrons. The van der Waals surface area contributed by atoms with Crippen LogP contribution in [-0.2, 0) is 11.2 Å². The minimum atomic E-state index is 0.740. The molecule has 0 aliphatic carbocycles. The molecule has 0 radical (unpaired) electrons. The van der Waals surface area contributed by atoms with E-state index >= 15 is 0 Å². The number of hydrogen-bond donors (Lipinski definition) is 1. The van der Waals surface area contributed by atoms with Crippen LogP contribution in [0.3, 0.4) is 0 Å². The van der Waals surface area contributed by atoms with E-state index in [9.17, 15) is 0 Å². The Morgan fingerprint density at radius 2 is 2.05 bits per heavy atom. The summed E-state index contributed by atoms with van der Waals surface area (Å²) in [5, 5.41) is 14.0. The molecule has 0 atom stereocenters. The van der Waals surface area contributed by atoms with Crippen molar-refractivity contribution in [1.82, 2.24) is 15.5 Å². The van der Waals surface area contributed by atoms with E-state index in [0.717, 1.165) is 36.1 Å². The van der Waals surface area contributed by atoms with Crippen molar-refractivity contribution in [3.63, 3.8) is 0 Å². The number of rotatable bonds is 7. The van der Waals surface area contributed by atoms with Crippen molar-refractivity contribution in [1.29, 1.82) is 0 Å². The zero-order valence-electron chi connectivity index (χ0n) is 12.3. The quantitative estimate of drug-likeness (QED) is 0.797. The first-order chi connectivity index (χ1) is 9.70. The number of benzene rings is 1. The van der Waals surface area contributed by atoms with Gasteiger partial charge in [-0.25, -0.2) is 0 Å². The number of methoxy groups -OCH3 is 1. The third-order valence-electron chi connectivity index (χ3n) is 3.09. The van der Waals surface area contributed by atoms with E-state index in [1.54, 1.807) is 18.4 Å². The van der Waals surface area contributed by atoms with Gasteiger partial charge in [0.15, 0.2) is 0 Å². The Hall–Kier alpha value is -1.30. The predicted molar refractivity (Wildman–Crippen MR) is 83.3 cm³/mol. The van der Waals surface area contributed by atoms with Crippen molar-refractivity contribution < 1.29 is 4.74 Å². The summed E-state index contributed by atoms with van der Waals surface area (Å²) in [4.78, 5) is 0. The van der Waals surface area contributed by atoms with Crippen LogP contribution in [0.4, 0.5) is 0 Å². The minimum absolute atomic E-state index is 0.740. The zero-order chi connectivity index (χ0) is 14.4. The summed E-state index contributed by atoms with van der Waals surface area (Å²) in [5.41, 5.74) is 3.70. The SMILES string of the molecule is COCCNCCc1nnc(-c2cc(C)ccc2C)s1. The summed E-state index contributed by atoms with van der Waals surface area (Å²) in [6.45, 7) is 6.74. The molecule has 1 N–H and O–H groups in total. The van der Waals surface area contributed by atoms with Crippen LogP contribution in [0, 0.1) is 13.8 Å². The first kappa shape index (κ1) is 15.1. The number of aryl methyl sites for hydroxylation is 2. The molecule has 0 saturated carbocycles. The Morgan fingerprint density at radius 1 is 1.20 bits per heavy atom. The van der Waals surface area contributed by atoms with Crippen molar-refractivity contribution in [2.45, 2.75) is 20.3 Å². The highest BCUT2D eigenvalue weighted by atomic mass is 32.1. The first-order valence-corrected chi connectivity index (χ1v) is 7.62. The minimum Gasteiger partial charge on any atom is -0.383 e. The standard InChI is InChI=1S/C15H21N3OS/c1-11-4-5-12(2)13(10-11)15-18-17-14(20-15)6-7-16-8-9-19-3/h4-5,10,16H,6-9H2,1-3H3. The lowest BCUT2D eigenvalue weighted by molar-refractivity contribution is 0.199. The van der Waals surface area contributed by atoms with Gasteiger partial charge >= 0.3 is 0 Å². The van der Waals surface area contributed by atoms with E-state index in [4.69, 9.17) is 4.74 Å². The number of ether oxygens (including phenoxy) is 1. The molecule has 0 aliphatic rings. The van der Waals surface area contributed by atoms with Crippen LogP contribution in [0.5, 0.6) is 0 Å². The third-order valence-corrected chi connectivity index (χ3v) is 4.11. The molecule has 1 heterocycles. The lowest BCUT2D eigenvalue weighted by Crippen LogP contribution is -2.21. The highest BCUT2D eigenvalue weighted by molar-refractivity contribution is 7.14. The van der Waals surface area contributed by atoms with Gasteiger partial charge in [-0.1, -0.05) is 29.0 Å². The van der Waals surface area contributed by atoms with Crippen molar-refractivity contribution in [3.8, 4) is 10.6 Å². The molecule has 0 aliphatic heterocycles. The highest BCUT2D eigenvalue weighted by Crippen LogP contribution is 2.27. The monoisotopic (exact) mass is 291 g/mol. The summed E-state index contributed by atoms with van der Waals surface area (Å²) >= 11 is 1.68. The molecule has 0 fully saturated rings. The lowest BCUT2D eigenvalue weighted by Gasteiger charge is -2.02. The smallest absolute Gasteiger partial charge is 0.148 e. The van der Waals surface area contributed by atoms with Gasteiger partial charge < -0.3 is 10.1 Å². The van der Waals surface area contributed by atoms with Crippen LogP contribution in [0.1, 0.15) is 16.1 Å². The number of nitrogens with zero attached hydrogens (tertiary/aromatic N) is 2. The molecule has 5 heteroatoms. The van der Waals surface area contributed by atoms with E-state index in [-0.39, 0.29) is 0 Å². The number of nitrogens with one attached hydrogen (secondary N) is 1. The van der Waals surface area contributed by atoms with E-state index in [2.05, 4.69) is 47.6 Å². The second kappa shape index (κ2) is 7.47. The molecule has 0 amide bonds. The van der Waals surface area contributed by atoms with Crippen molar-refractivity contribution in [2.75, 3.05) is 26.8 Å². The largest absolute Gasteiger partial charge is 0.383 e. The maximum absolute atomic E-state index is 4.99. The molecule has 1 aromatic heterocycles. The van der Waals surface area contributed by atoms with Crippen LogP contribution < -0.4 is 5.32 Å². The lowest BCUT2D eigenvalue weighted by atomic mass is 10.1. The van der Waals surface area contributed by atoms with Crippen LogP contribution in [0.25, 0.3) is 10.6 Å². The maximum atomic E-state index is 4.99. The average Bonchev–Trinajstić information content (AvgIpc) is 2.90. The maximum Gasteiger partial charge on any atom is 0.148 e. The molecule has 2 rings (SSSR count). The number of hydrogen-bond acceptors (Lipinski definition) is 5. The first-order valence-electron chi connectivity index (χ1n) is 6.80. The van der Waals surface area contributed by atoms with Crippen LogP contribution >= 0.6 is 11.3 Å². The van der Waals surface area contributed by atoms with Crippen molar-refractivity contribution >= 4 is 11.3 Å². The Bertz CT molecular complexity index is 554. The molecule has 0 spiro atoms. The normalized spacial score (nSPS) is 10.9. The molecule has 4 nitrogen and oxygen atoms in total. The van der Waals surface area contributed by atoms with Gasteiger partial charge in [-0.2, -0.15) is 0 Å². The zero-order valence-corrected chi connectivity index (χ0v) is 13.1. The second-order valence-corrected chi connectivity index (χ2v) is 5.87. The molecule has 0 saturated heterocycles.